The molecule has 0 saturated carbocycles. The lowest BCUT2D eigenvalue weighted by Crippen LogP contribution is -2.34. The minimum Gasteiger partial charge on any atom is -0.321 e. The first kappa shape index (κ1) is 15.1. The maximum atomic E-state index is 13.3. The standard InChI is InChI=1S/C14H19FN2O2S/c1-3-20(19)8-7-17-13(16-10(2)14(17)18)11-5-4-6-12(15)9-11/h4-6,9-10,13,16H,3,7-8H2,1-2H3. The zero-order valence-electron chi connectivity index (χ0n) is 11.6. The Bertz CT molecular complexity index is 524. The first-order valence-corrected chi connectivity index (χ1v) is 8.18. The molecular weight excluding hydrogens is 279 g/mol. The van der Waals surface area contributed by atoms with Crippen molar-refractivity contribution < 1.29 is 13.4 Å². The van der Waals surface area contributed by atoms with E-state index in [1.165, 1.54) is 12.1 Å². The third-order valence-corrected chi connectivity index (χ3v) is 4.70. The second kappa shape index (κ2) is 6.45. The Labute approximate surface area is 120 Å². The van der Waals surface area contributed by atoms with Crippen LogP contribution in [0.3, 0.4) is 0 Å². The van der Waals surface area contributed by atoms with Gasteiger partial charge in [0.25, 0.3) is 0 Å². The van der Waals surface area contributed by atoms with Crippen LogP contribution in [0.5, 0.6) is 0 Å². The van der Waals surface area contributed by atoms with Gasteiger partial charge in [0.05, 0.1) is 6.04 Å². The summed E-state index contributed by atoms with van der Waals surface area (Å²) in [6.45, 7) is 4.05. The topological polar surface area (TPSA) is 49.4 Å². The molecule has 0 bridgehead atoms. The van der Waals surface area contributed by atoms with E-state index in [1.807, 2.05) is 6.92 Å². The highest BCUT2D eigenvalue weighted by atomic mass is 32.2. The molecule has 1 aromatic carbocycles. The van der Waals surface area contributed by atoms with Gasteiger partial charge in [0.15, 0.2) is 0 Å². The van der Waals surface area contributed by atoms with Crippen molar-refractivity contribution in [1.29, 1.82) is 0 Å². The first-order chi connectivity index (χ1) is 9.52. The van der Waals surface area contributed by atoms with Crippen LogP contribution in [0, 0.1) is 5.82 Å². The number of amides is 1. The van der Waals surface area contributed by atoms with Crippen LogP contribution in [-0.4, -0.2) is 39.1 Å². The zero-order chi connectivity index (χ0) is 14.7. The fourth-order valence-electron chi connectivity index (χ4n) is 2.31. The van der Waals surface area contributed by atoms with Gasteiger partial charge in [0.1, 0.15) is 12.0 Å². The second-order valence-corrected chi connectivity index (χ2v) is 6.68. The average molecular weight is 298 g/mol. The first-order valence-electron chi connectivity index (χ1n) is 6.70. The van der Waals surface area contributed by atoms with Crippen molar-refractivity contribution in [2.24, 2.45) is 0 Å². The van der Waals surface area contributed by atoms with Gasteiger partial charge in [-0.2, -0.15) is 0 Å². The highest BCUT2D eigenvalue weighted by molar-refractivity contribution is 7.84. The molecule has 1 N–H and O–H groups in total. The molecule has 0 radical (unpaired) electrons. The number of carbonyl (C=O) groups is 1. The number of carbonyl (C=O) groups excluding carboxylic acids is 1. The summed E-state index contributed by atoms with van der Waals surface area (Å²) in [5.41, 5.74) is 0.713. The van der Waals surface area contributed by atoms with Crippen LogP contribution in [0.15, 0.2) is 24.3 Å². The average Bonchev–Trinajstić information content (AvgIpc) is 2.72. The Balaban J connectivity index is 2.17. The molecule has 0 spiro atoms. The van der Waals surface area contributed by atoms with E-state index in [4.69, 9.17) is 0 Å². The highest BCUT2D eigenvalue weighted by Gasteiger charge is 2.36. The van der Waals surface area contributed by atoms with Crippen molar-refractivity contribution in [2.45, 2.75) is 26.1 Å². The van der Waals surface area contributed by atoms with Crippen LogP contribution in [0.1, 0.15) is 25.6 Å². The van der Waals surface area contributed by atoms with Gasteiger partial charge in [-0.15, -0.1) is 0 Å². The Hall–Kier alpha value is -1.27. The van der Waals surface area contributed by atoms with Crippen molar-refractivity contribution in [3.8, 4) is 0 Å². The molecule has 2 rings (SSSR count). The van der Waals surface area contributed by atoms with Gasteiger partial charge in [-0.05, 0) is 24.6 Å². The van der Waals surface area contributed by atoms with Crippen LogP contribution in [0.4, 0.5) is 4.39 Å². The molecule has 1 fully saturated rings. The molecule has 1 heterocycles. The monoisotopic (exact) mass is 298 g/mol. The number of hydrogen-bond acceptors (Lipinski definition) is 3. The molecule has 1 saturated heterocycles. The Morgan fingerprint density at radius 2 is 2.20 bits per heavy atom. The summed E-state index contributed by atoms with van der Waals surface area (Å²) in [4.78, 5) is 13.8. The lowest BCUT2D eigenvalue weighted by molar-refractivity contribution is -0.129. The van der Waals surface area contributed by atoms with Crippen molar-refractivity contribution in [2.75, 3.05) is 18.1 Å². The number of nitrogens with zero attached hydrogens (tertiary/aromatic N) is 1. The summed E-state index contributed by atoms with van der Waals surface area (Å²) in [7, 11) is -0.921. The fourth-order valence-corrected chi connectivity index (χ4v) is 3.00. The fraction of sp³-hybridized carbons (Fsp3) is 0.500. The van der Waals surface area contributed by atoms with Gasteiger partial charge in [-0.1, -0.05) is 19.1 Å². The van der Waals surface area contributed by atoms with E-state index in [1.54, 1.807) is 24.0 Å². The van der Waals surface area contributed by atoms with E-state index in [0.29, 0.717) is 23.6 Å². The predicted octanol–water partition coefficient (Wildman–Crippen LogP) is 1.41. The van der Waals surface area contributed by atoms with Crippen molar-refractivity contribution in [1.82, 2.24) is 10.2 Å². The lowest BCUT2D eigenvalue weighted by atomic mass is 10.1. The molecule has 0 aliphatic carbocycles. The maximum Gasteiger partial charge on any atom is 0.241 e. The minimum atomic E-state index is -0.921. The normalized spacial score (nSPS) is 24.1. The highest BCUT2D eigenvalue weighted by Crippen LogP contribution is 2.25. The Morgan fingerprint density at radius 1 is 1.45 bits per heavy atom. The molecule has 1 aliphatic heterocycles. The van der Waals surface area contributed by atoms with Gasteiger partial charge in [0.2, 0.25) is 5.91 Å². The number of rotatable bonds is 5. The Kier molecular flexibility index (Phi) is 4.88. The lowest BCUT2D eigenvalue weighted by Gasteiger charge is -2.24. The Morgan fingerprint density at radius 3 is 2.85 bits per heavy atom. The molecule has 1 amide bonds. The molecule has 4 nitrogen and oxygen atoms in total. The molecule has 110 valence electrons. The quantitative estimate of drug-likeness (QED) is 0.894. The second-order valence-electron chi connectivity index (χ2n) is 4.81. The van der Waals surface area contributed by atoms with Crippen molar-refractivity contribution in [3.05, 3.63) is 35.6 Å². The van der Waals surface area contributed by atoms with Gasteiger partial charge >= 0.3 is 0 Å². The smallest absolute Gasteiger partial charge is 0.241 e. The molecule has 0 aromatic heterocycles. The summed E-state index contributed by atoms with van der Waals surface area (Å²) in [5, 5.41) is 3.15. The number of halogens is 1. The molecule has 3 atom stereocenters. The summed E-state index contributed by atoms with van der Waals surface area (Å²) in [5.74, 6) is 0.665. The maximum absolute atomic E-state index is 13.3. The number of benzene rings is 1. The SMILES string of the molecule is CCS(=O)CCN1C(=O)C(C)NC1c1cccc(F)c1. The van der Waals surface area contributed by atoms with E-state index < -0.39 is 10.8 Å². The molecule has 1 aliphatic rings. The number of hydrogen-bond donors (Lipinski definition) is 1. The van der Waals surface area contributed by atoms with Gasteiger partial charge in [-0.25, -0.2) is 4.39 Å². The van der Waals surface area contributed by atoms with Gasteiger partial charge in [-0.3, -0.25) is 14.3 Å². The predicted molar refractivity (Wildman–Crippen MR) is 77.0 cm³/mol. The third kappa shape index (κ3) is 3.24. The molecule has 20 heavy (non-hydrogen) atoms. The van der Waals surface area contributed by atoms with Gasteiger partial charge in [0, 0.05) is 28.9 Å². The van der Waals surface area contributed by atoms with Crippen LogP contribution in [-0.2, 0) is 15.6 Å². The van der Waals surface area contributed by atoms with Crippen LogP contribution < -0.4 is 5.32 Å². The van der Waals surface area contributed by atoms with Crippen LogP contribution in [0.25, 0.3) is 0 Å². The minimum absolute atomic E-state index is 0.0348. The molecule has 3 unspecified atom stereocenters. The summed E-state index contributed by atoms with van der Waals surface area (Å²) < 4.78 is 24.9. The van der Waals surface area contributed by atoms with Crippen molar-refractivity contribution >= 4 is 16.7 Å². The third-order valence-electron chi connectivity index (χ3n) is 3.42. The summed E-state index contributed by atoms with van der Waals surface area (Å²) in [6, 6.07) is 5.91. The zero-order valence-corrected chi connectivity index (χ0v) is 12.5. The molecule has 6 heteroatoms. The molecule has 1 aromatic rings. The largest absolute Gasteiger partial charge is 0.321 e. The van der Waals surface area contributed by atoms with Crippen LogP contribution in [0.2, 0.25) is 0 Å². The molecular formula is C14H19FN2O2S. The van der Waals surface area contributed by atoms with E-state index in [-0.39, 0.29) is 23.9 Å². The number of nitrogens with one attached hydrogen (secondary N) is 1. The van der Waals surface area contributed by atoms with E-state index in [9.17, 15) is 13.4 Å². The van der Waals surface area contributed by atoms with E-state index in [2.05, 4.69) is 5.32 Å². The van der Waals surface area contributed by atoms with Crippen LogP contribution >= 0.6 is 0 Å². The summed E-state index contributed by atoms with van der Waals surface area (Å²) in [6.07, 6.45) is -0.345. The van der Waals surface area contributed by atoms with E-state index >= 15 is 0 Å². The van der Waals surface area contributed by atoms with Crippen molar-refractivity contribution in [3.63, 3.8) is 0 Å². The van der Waals surface area contributed by atoms with Gasteiger partial charge < -0.3 is 4.90 Å². The summed E-state index contributed by atoms with van der Waals surface area (Å²) >= 11 is 0. The van der Waals surface area contributed by atoms with E-state index in [0.717, 1.165) is 0 Å².